The molecule has 1 N–H and O–H groups in total. The molecular formula is C13H10Cl3NO2. The molecule has 0 aliphatic carbocycles. The highest BCUT2D eigenvalue weighted by Crippen LogP contribution is 2.34. The molecule has 0 fully saturated rings. The third kappa shape index (κ3) is 3.51. The number of nitrogens with zero attached hydrogens (tertiary/aromatic N) is 1. The lowest BCUT2D eigenvalue weighted by molar-refractivity contribution is 0.297. The number of pyridine rings is 1. The van der Waals surface area contributed by atoms with Gasteiger partial charge in [0.1, 0.15) is 10.8 Å². The molecule has 0 saturated heterocycles. The van der Waals surface area contributed by atoms with Crippen molar-refractivity contribution in [1.82, 2.24) is 4.98 Å². The SMILES string of the molecule is OCCc1ccccc1Oc1nc(Cl)c(Cl)cc1Cl. The molecule has 0 atom stereocenters. The number of aromatic nitrogens is 1. The Labute approximate surface area is 125 Å². The van der Waals surface area contributed by atoms with Crippen LogP contribution in [0.25, 0.3) is 0 Å². The predicted octanol–water partition coefficient (Wildman–Crippen LogP) is 4.37. The number of ether oxygens (including phenoxy) is 1. The van der Waals surface area contributed by atoms with Crippen molar-refractivity contribution in [2.24, 2.45) is 0 Å². The lowest BCUT2D eigenvalue weighted by Gasteiger charge is -2.11. The smallest absolute Gasteiger partial charge is 0.239 e. The van der Waals surface area contributed by atoms with E-state index in [0.717, 1.165) is 5.56 Å². The minimum absolute atomic E-state index is 0.0307. The van der Waals surface area contributed by atoms with E-state index in [1.807, 2.05) is 18.2 Å². The predicted molar refractivity (Wildman–Crippen MR) is 76.6 cm³/mol. The van der Waals surface area contributed by atoms with E-state index in [0.29, 0.717) is 12.2 Å². The first-order valence-corrected chi connectivity index (χ1v) is 6.63. The topological polar surface area (TPSA) is 42.4 Å². The number of benzene rings is 1. The molecule has 0 radical (unpaired) electrons. The van der Waals surface area contributed by atoms with Gasteiger partial charge in [0.15, 0.2) is 5.15 Å². The van der Waals surface area contributed by atoms with E-state index in [2.05, 4.69) is 4.98 Å². The Balaban J connectivity index is 2.33. The van der Waals surface area contributed by atoms with Crippen LogP contribution >= 0.6 is 34.8 Å². The van der Waals surface area contributed by atoms with E-state index in [1.165, 1.54) is 6.07 Å². The number of rotatable bonds is 4. The van der Waals surface area contributed by atoms with Crippen molar-refractivity contribution < 1.29 is 9.84 Å². The van der Waals surface area contributed by atoms with Gasteiger partial charge in [0, 0.05) is 6.61 Å². The maximum Gasteiger partial charge on any atom is 0.239 e. The van der Waals surface area contributed by atoms with Crippen LogP contribution in [0.5, 0.6) is 11.6 Å². The first-order valence-electron chi connectivity index (χ1n) is 5.50. The van der Waals surface area contributed by atoms with Gasteiger partial charge < -0.3 is 9.84 Å². The van der Waals surface area contributed by atoms with Crippen LogP contribution in [0.15, 0.2) is 30.3 Å². The van der Waals surface area contributed by atoms with Gasteiger partial charge in [-0.3, -0.25) is 0 Å². The fraction of sp³-hybridized carbons (Fsp3) is 0.154. The maximum atomic E-state index is 9.01. The summed E-state index contributed by atoms with van der Waals surface area (Å²) in [7, 11) is 0. The number of aliphatic hydroxyl groups excluding tert-OH is 1. The van der Waals surface area contributed by atoms with Gasteiger partial charge in [0.25, 0.3) is 0 Å². The van der Waals surface area contributed by atoms with Gasteiger partial charge in [0.05, 0.1) is 5.02 Å². The Kier molecular flexibility index (Phi) is 4.88. The van der Waals surface area contributed by atoms with Crippen LogP contribution in [0.3, 0.4) is 0 Å². The fourth-order valence-corrected chi connectivity index (χ4v) is 2.06. The van der Waals surface area contributed by atoms with E-state index in [1.54, 1.807) is 6.07 Å². The summed E-state index contributed by atoms with van der Waals surface area (Å²) in [6.07, 6.45) is 0.481. The summed E-state index contributed by atoms with van der Waals surface area (Å²) in [6, 6.07) is 8.79. The molecule has 1 aromatic carbocycles. The average molecular weight is 319 g/mol. The zero-order chi connectivity index (χ0) is 13.8. The van der Waals surface area contributed by atoms with E-state index in [4.69, 9.17) is 44.6 Å². The number of halogens is 3. The van der Waals surface area contributed by atoms with Gasteiger partial charge in [-0.1, -0.05) is 53.0 Å². The summed E-state index contributed by atoms with van der Waals surface area (Å²) >= 11 is 17.6. The first-order chi connectivity index (χ1) is 9.11. The van der Waals surface area contributed by atoms with Crippen LogP contribution in [0.4, 0.5) is 0 Å². The van der Waals surface area contributed by atoms with Gasteiger partial charge in [-0.15, -0.1) is 0 Å². The zero-order valence-corrected chi connectivity index (χ0v) is 12.0. The van der Waals surface area contributed by atoms with Crippen molar-refractivity contribution >= 4 is 34.8 Å². The van der Waals surface area contributed by atoms with Crippen LogP contribution in [0, 0.1) is 0 Å². The molecule has 3 nitrogen and oxygen atoms in total. The van der Waals surface area contributed by atoms with E-state index >= 15 is 0 Å². The molecule has 1 aromatic heterocycles. The second kappa shape index (κ2) is 6.44. The molecule has 2 aromatic rings. The average Bonchev–Trinajstić information content (AvgIpc) is 2.38. The van der Waals surface area contributed by atoms with Crippen molar-refractivity contribution in [2.45, 2.75) is 6.42 Å². The molecule has 6 heteroatoms. The molecule has 2 rings (SSSR count). The Morgan fingerprint density at radius 3 is 2.58 bits per heavy atom. The first kappa shape index (κ1) is 14.4. The van der Waals surface area contributed by atoms with Crippen LogP contribution in [0.2, 0.25) is 15.2 Å². The number of hydrogen-bond donors (Lipinski definition) is 1. The molecule has 0 unspecified atom stereocenters. The van der Waals surface area contributed by atoms with E-state index in [9.17, 15) is 0 Å². The lowest BCUT2D eigenvalue weighted by atomic mass is 10.1. The summed E-state index contributed by atoms with van der Waals surface area (Å²) < 4.78 is 5.63. The third-order valence-electron chi connectivity index (χ3n) is 2.41. The lowest BCUT2D eigenvalue weighted by Crippen LogP contribution is -1.97. The van der Waals surface area contributed by atoms with Crippen molar-refractivity contribution in [3.8, 4) is 11.6 Å². The fourth-order valence-electron chi connectivity index (χ4n) is 1.53. The monoisotopic (exact) mass is 317 g/mol. The second-order valence-corrected chi connectivity index (χ2v) is 4.90. The quantitative estimate of drug-likeness (QED) is 0.851. The molecule has 19 heavy (non-hydrogen) atoms. The summed E-state index contributed by atoms with van der Waals surface area (Å²) in [6.45, 7) is 0.0307. The minimum atomic E-state index is 0.0307. The summed E-state index contributed by atoms with van der Waals surface area (Å²) in [4.78, 5) is 3.99. The third-order valence-corrected chi connectivity index (χ3v) is 3.36. The zero-order valence-electron chi connectivity index (χ0n) is 9.74. The Morgan fingerprint density at radius 2 is 1.84 bits per heavy atom. The van der Waals surface area contributed by atoms with E-state index in [-0.39, 0.29) is 27.7 Å². The van der Waals surface area contributed by atoms with Crippen molar-refractivity contribution in [3.63, 3.8) is 0 Å². The van der Waals surface area contributed by atoms with E-state index < -0.39 is 0 Å². The largest absolute Gasteiger partial charge is 0.437 e. The van der Waals surface area contributed by atoms with Crippen LogP contribution in [-0.4, -0.2) is 16.7 Å². The molecule has 0 spiro atoms. The molecule has 100 valence electrons. The second-order valence-electron chi connectivity index (χ2n) is 3.73. The summed E-state index contributed by atoms with van der Waals surface area (Å²) in [5.41, 5.74) is 0.855. The number of hydrogen-bond acceptors (Lipinski definition) is 3. The Bertz CT molecular complexity index is 590. The maximum absolute atomic E-state index is 9.01. The molecule has 0 amide bonds. The van der Waals surface area contributed by atoms with Gasteiger partial charge >= 0.3 is 0 Å². The number of aliphatic hydroxyl groups is 1. The van der Waals surface area contributed by atoms with Gasteiger partial charge in [-0.2, -0.15) is 4.98 Å². The highest BCUT2D eigenvalue weighted by Gasteiger charge is 2.11. The summed E-state index contributed by atoms with van der Waals surface area (Å²) in [5.74, 6) is 0.755. The summed E-state index contributed by atoms with van der Waals surface area (Å²) in [5, 5.41) is 9.67. The molecular weight excluding hydrogens is 309 g/mol. The Hall–Kier alpha value is -1.000. The molecule has 1 heterocycles. The highest BCUT2D eigenvalue weighted by atomic mass is 35.5. The molecule has 0 bridgehead atoms. The Morgan fingerprint density at radius 1 is 1.11 bits per heavy atom. The van der Waals surface area contributed by atoms with Crippen LogP contribution in [-0.2, 0) is 6.42 Å². The van der Waals surface area contributed by atoms with Crippen LogP contribution in [0.1, 0.15) is 5.56 Å². The molecule has 0 aliphatic heterocycles. The van der Waals surface area contributed by atoms with Crippen LogP contribution < -0.4 is 4.74 Å². The van der Waals surface area contributed by atoms with Gasteiger partial charge in [-0.25, -0.2) is 0 Å². The highest BCUT2D eigenvalue weighted by molar-refractivity contribution is 6.42. The minimum Gasteiger partial charge on any atom is -0.437 e. The van der Waals surface area contributed by atoms with Gasteiger partial charge in [0.2, 0.25) is 5.88 Å². The van der Waals surface area contributed by atoms with Crippen molar-refractivity contribution in [3.05, 3.63) is 51.1 Å². The van der Waals surface area contributed by atoms with Crippen molar-refractivity contribution in [2.75, 3.05) is 6.61 Å². The molecule has 0 saturated carbocycles. The number of para-hydroxylation sites is 1. The normalized spacial score (nSPS) is 10.5. The molecule has 0 aliphatic rings. The standard InChI is InChI=1S/C13H10Cl3NO2/c14-9-7-10(15)13(17-12(9)16)19-11-4-2-1-3-8(11)5-6-18/h1-4,7,18H,5-6H2. The van der Waals surface area contributed by atoms with Gasteiger partial charge in [-0.05, 0) is 24.1 Å². The van der Waals surface area contributed by atoms with Crippen molar-refractivity contribution in [1.29, 1.82) is 0 Å².